The van der Waals surface area contributed by atoms with Crippen LogP contribution in [0.1, 0.15) is 23.0 Å². The van der Waals surface area contributed by atoms with Crippen LogP contribution in [0.25, 0.3) is 22.7 Å². The number of carbonyl (C=O) groups is 1. The summed E-state index contributed by atoms with van der Waals surface area (Å²) in [6, 6.07) is 3.02. The van der Waals surface area contributed by atoms with E-state index in [1.165, 1.54) is 6.92 Å². The number of aromatic nitrogens is 6. The Bertz CT molecular complexity index is 1420. The standard InChI is InChI=1S/C16H11F3N6O4S/c1-2-30(28,29)14-11(13-20-6-5-9(15(26)27)25(13)23-14)12-21-10-4-3-8(16(17,18)19)7-24(10)22-12/h3-7H,2H2,1H3,(H,26,27). The minimum atomic E-state index is -4.61. The molecule has 4 aromatic rings. The summed E-state index contributed by atoms with van der Waals surface area (Å²) in [5, 5.41) is 16.7. The number of sulfone groups is 1. The SMILES string of the molecule is CCS(=O)(=O)c1nn2c(C(=O)O)ccnc2c1-c1nc2ccc(C(F)(F)F)cn2n1. The fourth-order valence-corrected chi connectivity index (χ4v) is 3.77. The zero-order chi connectivity index (χ0) is 21.8. The number of aromatic carboxylic acids is 1. The molecule has 156 valence electrons. The monoisotopic (exact) mass is 440 g/mol. The first kappa shape index (κ1) is 19.8. The molecule has 0 spiro atoms. The molecule has 1 N–H and O–H groups in total. The van der Waals surface area contributed by atoms with E-state index in [2.05, 4.69) is 20.2 Å². The molecule has 0 aromatic carbocycles. The normalized spacial score (nSPS) is 12.7. The van der Waals surface area contributed by atoms with Crippen LogP contribution in [0.15, 0.2) is 35.6 Å². The average molecular weight is 440 g/mol. The van der Waals surface area contributed by atoms with Gasteiger partial charge < -0.3 is 5.11 Å². The van der Waals surface area contributed by atoms with Gasteiger partial charge in [0.15, 0.2) is 37.7 Å². The highest BCUT2D eigenvalue weighted by Crippen LogP contribution is 2.32. The molecular weight excluding hydrogens is 429 g/mol. The van der Waals surface area contributed by atoms with E-state index in [-0.39, 0.29) is 34.1 Å². The molecule has 0 unspecified atom stereocenters. The van der Waals surface area contributed by atoms with Gasteiger partial charge in [-0.25, -0.2) is 32.2 Å². The van der Waals surface area contributed by atoms with Crippen LogP contribution in [-0.4, -0.2) is 54.4 Å². The number of halogens is 3. The molecule has 0 saturated heterocycles. The molecule has 14 heteroatoms. The van der Waals surface area contributed by atoms with Gasteiger partial charge in [-0.05, 0) is 18.2 Å². The second-order valence-corrected chi connectivity index (χ2v) is 8.30. The van der Waals surface area contributed by atoms with Gasteiger partial charge in [0.1, 0.15) is 5.56 Å². The number of hydrogen-bond donors (Lipinski definition) is 1. The molecule has 4 heterocycles. The lowest BCUT2D eigenvalue weighted by atomic mass is 10.3. The highest BCUT2D eigenvalue weighted by molar-refractivity contribution is 7.91. The fourth-order valence-electron chi connectivity index (χ4n) is 2.79. The van der Waals surface area contributed by atoms with Gasteiger partial charge in [0.25, 0.3) is 0 Å². The molecule has 0 saturated carbocycles. The molecule has 0 aliphatic heterocycles. The Balaban J connectivity index is 2.05. The third-order valence-electron chi connectivity index (χ3n) is 4.26. The number of carboxylic acid groups (broad SMARTS) is 1. The Morgan fingerprint density at radius 3 is 2.57 bits per heavy atom. The van der Waals surface area contributed by atoms with Gasteiger partial charge in [-0.2, -0.15) is 18.3 Å². The summed E-state index contributed by atoms with van der Waals surface area (Å²) < 4.78 is 65.8. The molecule has 0 fully saturated rings. The summed E-state index contributed by atoms with van der Waals surface area (Å²) >= 11 is 0. The zero-order valence-corrected chi connectivity index (χ0v) is 15.8. The van der Waals surface area contributed by atoms with Crippen LogP contribution in [0, 0.1) is 0 Å². The van der Waals surface area contributed by atoms with Crippen LogP contribution in [0.3, 0.4) is 0 Å². The molecule has 0 aliphatic carbocycles. The van der Waals surface area contributed by atoms with Gasteiger partial charge in [0.05, 0.1) is 11.3 Å². The van der Waals surface area contributed by atoms with Gasteiger partial charge in [0.2, 0.25) is 0 Å². The van der Waals surface area contributed by atoms with Crippen molar-refractivity contribution in [1.82, 2.24) is 29.2 Å². The lowest BCUT2D eigenvalue weighted by Gasteiger charge is -2.05. The van der Waals surface area contributed by atoms with E-state index in [4.69, 9.17) is 0 Å². The van der Waals surface area contributed by atoms with Crippen LogP contribution in [0.2, 0.25) is 0 Å². The summed E-state index contributed by atoms with van der Waals surface area (Å²) in [6.45, 7) is 1.36. The molecule has 4 rings (SSSR count). The highest BCUT2D eigenvalue weighted by atomic mass is 32.2. The zero-order valence-electron chi connectivity index (χ0n) is 15.0. The first-order valence-corrected chi connectivity index (χ1v) is 9.96. The first-order valence-electron chi connectivity index (χ1n) is 8.30. The van der Waals surface area contributed by atoms with Crippen molar-refractivity contribution in [3.05, 3.63) is 41.9 Å². The second kappa shape index (κ2) is 6.48. The second-order valence-electron chi connectivity index (χ2n) is 6.11. The minimum Gasteiger partial charge on any atom is -0.477 e. The maximum Gasteiger partial charge on any atom is 0.417 e. The van der Waals surface area contributed by atoms with Crippen molar-refractivity contribution < 1.29 is 31.5 Å². The molecule has 4 aromatic heterocycles. The number of nitrogens with zero attached hydrogens (tertiary/aromatic N) is 6. The van der Waals surface area contributed by atoms with E-state index >= 15 is 0 Å². The number of alkyl halides is 3. The first-order chi connectivity index (χ1) is 14.0. The Kier molecular flexibility index (Phi) is 4.27. The minimum absolute atomic E-state index is 0.0200. The Morgan fingerprint density at radius 1 is 1.20 bits per heavy atom. The van der Waals surface area contributed by atoms with Gasteiger partial charge in [0, 0.05) is 12.4 Å². The molecule has 10 nitrogen and oxygen atoms in total. The summed E-state index contributed by atoms with van der Waals surface area (Å²) in [5.41, 5.74) is -1.67. The van der Waals surface area contributed by atoms with Gasteiger partial charge in [-0.3, -0.25) is 0 Å². The molecule has 0 amide bonds. The van der Waals surface area contributed by atoms with E-state index in [9.17, 15) is 31.5 Å². The number of pyridine rings is 1. The third-order valence-corrected chi connectivity index (χ3v) is 5.90. The van der Waals surface area contributed by atoms with Crippen LogP contribution in [0.4, 0.5) is 13.2 Å². The topological polar surface area (TPSA) is 132 Å². The quantitative estimate of drug-likeness (QED) is 0.509. The van der Waals surface area contributed by atoms with Crippen molar-refractivity contribution in [2.45, 2.75) is 18.1 Å². The van der Waals surface area contributed by atoms with Crippen LogP contribution in [-0.2, 0) is 16.0 Å². The molecule has 0 radical (unpaired) electrons. The molecule has 0 atom stereocenters. The van der Waals surface area contributed by atoms with Gasteiger partial charge in [-0.15, -0.1) is 5.10 Å². The number of fused-ring (bicyclic) bond motifs is 2. The van der Waals surface area contributed by atoms with Crippen molar-refractivity contribution in [2.24, 2.45) is 0 Å². The summed E-state index contributed by atoms with van der Waals surface area (Å²) in [7, 11) is -3.98. The maximum atomic E-state index is 13.0. The molecular formula is C16H11F3N6O4S. The summed E-state index contributed by atoms with van der Waals surface area (Å²) in [4.78, 5) is 19.6. The van der Waals surface area contributed by atoms with Gasteiger partial charge in [-0.1, -0.05) is 6.92 Å². The predicted molar refractivity (Wildman–Crippen MR) is 94.7 cm³/mol. The molecule has 0 bridgehead atoms. The highest BCUT2D eigenvalue weighted by Gasteiger charge is 2.32. The summed E-state index contributed by atoms with van der Waals surface area (Å²) in [5.74, 6) is -2.00. The number of rotatable bonds is 4. The molecule has 0 aliphatic rings. The van der Waals surface area contributed by atoms with Crippen molar-refractivity contribution in [3.63, 3.8) is 0 Å². The van der Waals surface area contributed by atoms with E-state index in [1.807, 2.05) is 0 Å². The molecule has 30 heavy (non-hydrogen) atoms. The lowest BCUT2D eigenvalue weighted by Crippen LogP contribution is -2.09. The van der Waals surface area contributed by atoms with Gasteiger partial charge >= 0.3 is 12.1 Å². The number of hydrogen-bond acceptors (Lipinski definition) is 7. The number of carboxylic acids is 1. The van der Waals surface area contributed by atoms with Crippen molar-refractivity contribution >= 4 is 27.1 Å². The summed E-state index contributed by atoms with van der Waals surface area (Å²) in [6.07, 6.45) is -2.76. The van der Waals surface area contributed by atoms with E-state index < -0.39 is 32.6 Å². The van der Waals surface area contributed by atoms with Crippen molar-refractivity contribution in [1.29, 1.82) is 0 Å². The van der Waals surface area contributed by atoms with E-state index in [0.717, 1.165) is 33.4 Å². The van der Waals surface area contributed by atoms with E-state index in [0.29, 0.717) is 6.20 Å². The average Bonchev–Trinajstić information content (AvgIpc) is 3.27. The Labute approximate surface area is 165 Å². The van der Waals surface area contributed by atoms with Crippen LogP contribution < -0.4 is 0 Å². The lowest BCUT2D eigenvalue weighted by molar-refractivity contribution is -0.137. The van der Waals surface area contributed by atoms with Crippen LogP contribution >= 0.6 is 0 Å². The Morgan fingerprint density at radius 2 is 1.93 bits per heavy atom. The predicted octanol–water partition coefficient (Wildman–Crippen LogP) is 1.95. The van der Waals surface area contributed by atoms with Crippen molar-refractivity contribution in [2.75, 3.05) is 5.75 Å². The largest absolute Gasteiger partial charge is 0.477 e. The smallest absolute Gasteiger partial charge is 0.417 e. The third kappa shape index (κ3) is 3.04. The van der Waals surface area contributed by atoms with E-state index in [1.54, 1.807) is 0 Å². The van der Waals surface area contributed by atoms with Crippen LogP contribution in [0.5, 0.6) is 0 Å². The fraction of sp³-hybridized carbons (Fsp3) is 0.188. The maximum absolute atomic E-state index is 13.0. The van der Waals surface area contributed by atoms with Crippen molar-refractivity contribution in [3.8, 4) is 11.4 Å². The Hall–Kier alpha value is -3.55.